The normalized spacial score (nSPS) is 15.0. The van der Waals surface area contributed by atoms with Crippen LogP contribution < -0.4 is 4.74 Å². The number of rotatable bonds is 1. The Kier molecular flexibility index (Phi) is 3.43. The number of hydrogen-bond donors (Lipinski definition) is 0. The molecular formula is C11H11BrFNO2. The second-order valence-corrected chi connectivity index (χ2v) is 4.11. The maximum atomic E-state index is 13.1. The van der Waals surface area contributed by atoms with Crippen molar-refractivity contribution in [1.29, 1.82) is 0 Å². The molecule has 0 saturated carbocycles. The smallest absolute Gasteiger partial charge is 0.233 e. The van der Waals surface area contributed by atoms with E-state index in [1.165, 1.54) is 12.1 Å². The average Bonchev–Trinajstić information content (AvgIpc) is 2.49. The van der Waals surface area contributed by atoms with Crippen LogP contribution in [0.15, 0.2) is 18.2 Å². The van der Waals surface area contributed by atoms with Crippen molar-refractivity contribution in [3.63, 3.8) is 0 Å². The van der Waals surface area contributed by atoms with Gasteiger partial charge in [0, 0.05) is 12.1 Å². The number of halogens is 2. The van der Waals surface area contributed by atoms with Crippen LogP contribution in [0.25, 0.3) is 0 Å². The van der Waals surface area contributed by atoms with Gasteiger partial charge in [-0.05, 0) is 18.2 Å². The van der Waals surface area contributed by atoms with Gasteiger partial charge in [0.1, 0.15) is 18.2 Å². The third kappa shape index (κ3) is 2.35. The summed E-state index contributed by atoms with van der Waals surface area (Å²) in [5.41, 5.74) is 0.715. The Hall–Kier alpha value is -1.10. The summed E-state index contributed by atoms with van der Waals surface area (Å²) in [6.07, 6.45) is 0. The Bertz CT molecular complexity index is 411. The highest BCUT2D eigenvalue weighted by Crippen LogP contribution is 2.23. The molecule has 0 atom stereocenters. The lowest BCUT2D eigenvalue weighted by atomic mass is 10.2. The Morgan fingerprint density at radius 3 is 3.12 bits per heavy atom. The second-order valence-electron chi connectivity index (χ2n) is 3.55. The number of carbonyl (C=O) groups excluding carboxylic acids is 1. The predicted octanol–water partition coefficient (Wildman–Crippen LogP) is 1.94. The minimum Gasteiger partial charge on any atom is -0.491 e. The minimum absolute atomic E-state index is 0.0132. The van der Waals surface area contributed by atoms with Crippen LogP contribution in [0.2, 0.25) is 0 Å². The van der Waals surface area contributed by atoms with Crippen LogP contribution in [0.5, 0.6) is 5.75 Å². The van der Waals surface area contributed by atoms with E-state index >= 15 is 0 Å². The first-order chi connectivity index (χ1) is 7.70. The lowest BCUT2D eigenvalue weighted by Crippen LogP contribution is -2.33. The van der Waals surface area contributed by atoms with E-state index in [2.05, 4.69) is 15.9 Å². The minimum atomic E-state index is -0.310. The molecule has 0 aliphatic carbocycles. The molecule has 86 valence electrons. The molecule has 2 rings (SSSR count). The summed E-state index contributed by atoms with van der Waals surface area (Å²) in [4.78, 5) is 13.2. The summed E-state index contributed by atoms with van der Waals surface area (Å²) in [6.45, 7) is 1.37. The summed E-state index contributed by atoms with van der Waals surface area (Å²) in [6, 6.07) is 4.38. The van der Waals surface area contributed by atoms with Gasteiger partial charge in [-0.25, -0.2) is 4.39 Å². The highest BCUT2D eigenvalue weighted by Gasteiger charge is 2.19. The highest BCUT2D eigenvalue weighted by atomic mass is 79.9. The van der Waals surface area contributed by atoms with Gasteiger partial charge in [-0.2, -0.15) is 0 Å². The van der Waals surface area contributed by atoms with E-state index in [1.54, 1.807) is 11.0 Å². The molecule has 1 aromatic rings. The highest BCUT2D eigenvalue weighted by molar-refractivity contribution is 9.09. The first-order valence-electron chi connectivity index (χ1n) is 4.95. The van der Waals surface area contributed by atoms with Crippen molar-refractivity contribution >= 4 is 21.8 Å². The third-order valence-electron chi connectivity index (χ3n) is 2.47. The molecule has 0 unspecified atom stereocenters. The van der Waals surface area contributed by atoms with Crippen molar-refractivity contribution in [1.82, 2.24) is 4.90 Å². The fourth-order valence-electron chi connectivity index (χ4n) is 1.66. The van der Waals surface area contributed by atoms with E-state index in [4.69, 9.17) is 4.74 Å². The average molecular weight is 288 g/mol. The van der Waals surface area contributed by atoms with E-state index in [-0.39, 0.29) is 17.1 Å². The molecular weight excluding hydrogens is 277 g/mol. The number of hydrogen-bond acceptors (Lipinski definition) is 2. The fraction of sp³-hybridized carbons (Fsp3) is 0.364. The molecule has 0 spiro atoms. The predicted molar refractivity (Wildman–Crippen MR) is 61.1 cm³/mol. The molecule has 3 nitrogen and oxygen atoms in total. The number of ether oxygens (including phenoxy) is 1. The number of nitrogens with zero attached hydrogens (tertiary/aromatic N) is 1. The van der Waals surface area contributed by atoms with Gasteiger partial charge in [0.05, 0.1) is 11.9 Å². The second kappa shape index (κ2) is 4.82. The van der Waals surface area contributed by atoms with Crippen LogP contribution in [0.4, 0.5) is 4.39 Å². The topological polar surface area (TPSA) is 29.5 Å². The summed E-state index contributed by atoms with van der Waals surface area (Å²) in [5, 5.41) is 0.275. The molecule has 0 saturated heterocycles. The Morgan fingerprint density at radius 1 is 1.56 bits per heavy atom. The van der Waals surface area contributed by atoms with Crippen LogP contribution >= 0.6 is 15.9 Å². The standard InChI is InChI=1S/C11H11BrFNO2/c12-6-11(15)14-3-4-16-10-2-1-9(13)5-8(10)7-14/h1-2,5H,3-4,6-7H2. The number of benzene rings is 1. The van der Waals surface area contributed by atoms with Gasteiger partial charge < -0.3 is 9.64 Å². The zero-order valence-corrected chi connectivity index (χ0v) is 10.2. The molecule has 1 amide bonds. The summed E-state index contributed by atoms with van der Waals surface area (Å²) in [5.74, 6) is 0.336. The molecule has 1 aliphatic heterocycles. The lowest BCUT2D eigenvalue weighted by molar-refractivity contribution is -0.128. The molecule has 0 aromatic heterocycles. The monoisotopic (exact) mass is 287 g/mol. The summed E-state index contributed by atoms with van der Waals surface area (Å²) < 4.78 is 18.5. The van der Waals surface area contributed by atoms with Gasteiger partial charge in [-0.15, -0.1) is 0 Å². The van der Waals surface area contributed by atoms with Gasteiger partial charge in [-0.1, -0.05) is 15.9 Å². The molecule has 1 aromatic carbocycles. The van der Waals surface area contributed by atoms with Gasteiger partial charge in [0.15, 0.2) is 0 Å². The van der Waals surface area contributed by atoms with Crippen LogP contribution in [0.3, 0.4) is 0 Å². The van der Waals surface area contributed by atoms with Gasteiger partial charge in [-0.3, -0.25) is 4.79 Å². The van der Waals surface area contributed by atoms with Crippen molar-refractivity contribution in [2.45, 2.75) is 6.54 Å². The van der Waals surface area contributed by atoms with Gasteiger partial charge >= 0.3 is 0 Å². The van der Waals surface area contributed by atoms with E-state index < -0.39 is 0 Å². The molecule has 5 heteroatoms. The quantitative estimate of drug-likeness (QED) is 0.739. The Balaban J connectivity index is 2.25. The molecule has 1 aliphatic rings. The molecule has 0 N–H and O–H groups in total. The Labute approximate surface area is 101 Å². The first-order valence-corrected chi connectivity index (χ1v) is 6.08. The molecule has 16 heavy (non-hydrogen) atoms. The SMILES string of the molecule is O=C(CBr)N1CCOc2ccc(F)cc2C1. The van der Waals surface area contributed by atoms with Crippen molar-refractivity contribution in [2.24, 2.45) is 0 Å². The van der Waals surface area contributed by atoms with Crippen LogP contribution in [0.1, 0.15) is 5.56 Å². The van der Waals surface area contributed by atoms with E-state index in [0.29, 0.717) is 31.0 Å². The Morgan fingerprint density at radius 2 is 2.38 bits per heavy atom. The van der Waals surface area contributed by atoms with Crippen LogP contribution in [-0.4, -0.2) is 29.3 Å². The van der Waals surface area contributed by atoms with Crippen molar-refractivity contribution < 1.29 is 13.9 Å². The van der Waals surface area contributed by atoms with Gasteiger partial charge in [0.25, 0.3) is 0 Å². The zero-order chi connectivity index (χ0) is 11.5. The van der Waals surface area contributed by atoms with Gasteiger partial charge in [0.2, 0.25) is 5.91 Å². The van der Waals surface area contributed by atoms with Crippen molar-refractivity contribution in [3.05, 3.63) is 29.6 Å². The third-order valence-corrected chi connectivity index (χ3v) is 2.95. The zero-order valence-electron chi connectivity index (χ0n) is 8.58. The molecule has 0 bridgehead atoms. The van der Waals surface area contributed by atoms with Crippen LogP contribution in [-0.2, 0) is 11.3 Å². The van der Waals surface area contributed by atoms with E-state index in [1.807, 2.05) is 0 Å². The molecule has 0 fully saturated rings. The fourth-order valence-corrected chi connectivity index (χ4v) is 2.01. The lowest BCUT2D eigenvalue weighted by Gasteiger charge is -2.18. The molecule has 0 radical (unpaired) electrons. The van der Waals surface area contributed by atoms with Crippen LogP contribution in [0, 0.1) is 5.82 Å². The van der Waals surface area contributed by atoms with E-state index in [0.717, 1.165) is 0 Å². The number of alkyl halides is 1. The van der Waals surface area contributed by atoms with E-state index in [9.17, 15) is 9.18 Å². The number of fused-ring (bicyclic) bond motifs is 1. The number of amides is 1. The summed E-state index contributed by atoms with van der Waals surface area (Å²) >= 11 is 3.12. The van der Waals surface area contributed by atoms with Crippen molar-refractivity contribution in [3.8, 4) is 5.75 Å². The first kappa shape index (κ1) is 11.4. The molecule has 1 heterocycles. The maximum absolute atomic E-state index is 13.1. The van der Waals surface area contributed by atoms with Crippen molar-refractivity contribution in [2.75, 3.05) is 18.5 Å². The largest absolute Gasteiger partial charge is 0.491 e. The maximum Gasteiger partial charge on any atom is 0.233 e. The number of carbonyl (C=O) groups is 1. The summed E-state index contributed by atoms with van der Waals surface area (Å²) in [7, 11) is 0.